The summed E-state index contributed by atoms with van der Waals surface area (Å²) < 4.78 is 3.30. The molecular weight excluding hydrogens is 364 g/mol. The summed E-state index contributed by atoms with van der Waals surface area (Å²) in [4.78, 5) is 11.9. The van der Waals surface area contributed by atoms with E-state index in [0.717, 1.165) is 8.95 Å². The van der Waals surface area contributed by atoms with Crippen LogP contribution in [-0.4, -0.2) is 27.4 Å². The molecule has 0 saturated heterocycles. The van der Waals surface area contributed by atoms with Crippen LogP contribution in [-0.2, 0) is 6.54 Å². The van der Waals surface area contributed by atoms with Crippen molar-refractivity contribution in [1.29, 1.82) is 0 Å². The number of benzene rings is 1. The summed E-state index contributed by atoms with van der Waals surface area (Å²) in [6.45, 7) is 1.10. The lowest BCUT2D eigenvalue weighted by molar-refractivity contribution is 0.0951. The summed E-state index contributed by atoms with van der Waals surface area (Å²) in [7, 11) is 0. The molecule has 1 aromatic carbocycles. The van der Waals surface area contributed by atoms with E-state index in [4.69, 9.17) is 0 Å². The Morgan fingerprint density at radius 1 is 1.39 bits per heavy atom. The first-order valence-electron chi connectivity index (χ1n) is 5.24. The fourth-order valence-electron chi connectivity index (χ4n) is 1.40. The number of rotatable bonds is 4. The number of hydrogen-bond acceptors (Lipinski definition) is 3. The Labute approximate surface area is 121 Å². The molecule has 7 heteroatoms. The monoisotopic (exact) mass is 372 g/mol. The lowest BCUT2D eigenvalue weighted by atomic mass is 10.2. The fraction of sp³-hybridized carbons (Fsp3) is 0.182. The van der Waals surface area contributed by atoms with Crippen molar-refractivity contribution in [2.45, 2.75) is 6.54 Å². The van der Waals surface area contributed by atoms with E-state index < -0.39 is 0 Å². The van der Waals surface area contributed by atoms with E-state index in [0.29, 0.717) is 18.7 Å². The number of aromatic nitrogens is 3. The van der Waals surface area contributed by atoms with E-state index >= 15 is 0 Å². The highest BCUT2D eigenvalue weighted by atomic mass is 79.9. The largest absolute Gasteiger partial charge is 0.350 e. The lowest BCUT2D eigenvalue weighted by Crippen LogP contribution is -2.27. The molecule has 0 aliphatic rings. The van der Waals surface area contributed by atoms with Gasteiger partial charge in [-0.05, 0) is 34.1 Å². The number of hydrogen-bond donors (Lipinski definition) is 1. The van der Waals surface area contributed by atoms with Crippen molar-refractivity contribution in [2.75, 3.05) is 6.54 Å². The van der Waals surface area contributed by atoms with Gasteiger partial charge in [0.25, 0.3) is 5.91 Å². The van der Waals surface area contributed by atoms with Gasteiger partial charge in [0.1, 0.15) is 0 Å². The van der Waals surface area contributed by atoms with Crippen LogP contribution >= 0.6 is 31.9 Å². The molecule has 0 fully saturated rings. The molecular formula is C11H10Br2N4O. The highest BCUT2D eigenvalue weighted by molar-refractivity contribution is 9.11. The number of nitrogens with one attached hydrogen (secondary N) is 1. The molecule has 0 saturated carbocycles. The summed E-state index contributed by atoms with van der Waals surface area (Å²) in [6, 6.07) is 5.47. The molecule has 2 rings (SSSR count). The predicted molar refractivity (Wildman–Crippen MR) is 74.2 cm³/mol. The second kappa shape index (κ2) is 6.10. The zero-order chi connectivity index (χ0) is 13.0. The first-order valence-corrected chi connectivity index (χ1v) is 6.83. The van der Waals surface area contributed by atoms with Gasteiger partial charge in [-0.25, -0.2) is 0 Å². The molecule has 0 radical (unpaired) electrons. The third-order valence-corrected chi connectivity index (χ3v) is 3.46. The molecule has 0 unspecified atom stereocenters. The first kappa shape index (κ1) is 13.2. The summed E-state index contributed by atoms with van der Waals surface area (Å²) in [6.07, 6.45) is 3.36. The standard InChI is InChI=1S/C11H10Br2N4O/c12-8-1-2-10(13)9(7-8)11(18)14-3-5-17-6-4-15-16-17/h1-2,4,6-7H,3,5H2,(H,14,18). The van der Waals surface area contributed by atoms with Crippen LogP contribution in [0.5, 0.6) is 0 Å². The molecule has 94 valence electrons. The minimum atomic E-state index is -0.122. The molecule has 5 nitrogen and oxygen atoms in total. The van der Waals surface area contributed by atoms with Crippen molar-refractivity contribution >= 4 is 37.8 Å². The van der Waals surface area contributed by atoms with E-state index in [1.165, 1.54) is 0 Å². The van der Waals surface area contributed by atoms with E-state index in [9.17, 15) is 4.79 Å². The van der Waals surface area contributed by atoms with Gasteiger partial charge in [0, 0.05) is 21.7 Å². The minimum absolute atomic E-state index is 0.122. The maximum atomic E-state index is 11.9. The molecule has 0 atom stereocenters. The van der Waals surface area contributed by atoms with Crippen LogP contribution in [0.4, 0.5) is 0 Å². The number of amides is 1. The van der Waals surface area contributed by atoms with Crippen LogP contribution in [0, 0.1) is 0 Å². The van der Waals surface area contributed by atoms with Crippen molar-refractivity contribution in [2.24, 2.45) is 0 Å². The Balaban J connectivity index is 1.93. The summed E-state index contributed by atoms with van der Waals surface area (Å²) in [5.74, 6) is -0.122. The summed E-state index contributed by atoms with van der Waals surface area (Å²) in [5.41, 5.74) is 0.600. The summed E-state index contributed by atoms with van der Waals surface area (Å²) in [5, 5.41) is 10.3. The maximum Gasteiger partial charge on any atom is 0.252 e. The highest BCUT2D eigenvalue weighted by Crippen LogP contribution is 2.21. The van der Waals surface area contributed by atoms with E-state index in [1.54, 1.807) is 23.1 Å². The van der Waals surface area contributed by atoms with Gasteiger partial charge in [0.15, 0.2) is 0 Å². The van der Waals surface area contributed by atoms with Crippen molar-refractivity contribution in [3.8, 4) is 0 Å². The Bertz CT molecular complexity index is 542. The van der Waals surface area contributed by atoms with Crippen molar-refractivity contribution < 1.29 is 4.79 Å². The van der Waals surface area contributed by atoms with Gasteiger partial charge in [0.2, 0.25) is 0 Å². The lowest BCUT2D eigenvalue weighted by Gasteiger charge is -2.07. The van der Waals surface area contributed by atoms with Crippen LogP contribution in [0.15, 0.2) is 39.5 Å². The predicted octanol–water partition coefficient (Wildman–Crippen LogP) is 2.23. The second-order valence-electron chi connectivity index (χ2n) is 3.55. The minimum Gasteiger partial charge on any atom is -0.350 e. The molecule has 18 heavy (non-hydrogen) atoms. The molecule has 1 N–H and O–H groups in total. The zero-order valence-corrected chi connectivity index (χ0v) is 12.5. The average Bonchev–Trinajstić information content (AvgIpc) is 2.85. The average molecular weight is 374 g/mol. The van der Waals surface area contributed by atoms with Gasteiger partial charge >= 0.3 is 0 Å². The molecule has 1 heterocycles. The smallest absolute Gasteiger partial charge is 0.252 e. The Morgan fingerprint density at radius 2 is 2.22 bits per heavy atom. The first-order chi connectivity index (χ1) is 8.66. The maximum absolute atomic E-state index is 11.9. The third-order valence-electron chi connectivity index (χ3n) is 2.27. The van der Waals surface area contributed by atoms with E-state index in [-0.39, 0.29) is 5.91 Å². The molecule has 2 aromatic rings. The van der Waals surface area contributed by atoms with Gasteiger partial charge in [-0.2, -0.15) is 0 Å². The van der Waals surface area contributed by atoms with Crippen LogP contribution < -0.4 is 5.32 Å². The molecule has 0 spiro atoms. The molecule has 0 aliphatic heterocycles. The van der Waals surface area contributed by atoms with Crippen molar-refractivity contribution in [1.82, 2.24) is 20.3 Å². The van der Waals surface area contributed by atoms with Crippen LogP contribution in [0.1, 0.15) is 10.4 Å². The Kier molecular flexibility index (Phi) is 4.48. The van der Waals surface area contributed by atoms with Gasteiger partial charge < -0.3 is 5.32 Å². The third kappa shape index (κ3) is 3.39. The Hall–Kier alpha value is -1.21. The van der Waals surface area contributed by atoms with E-state index in [2.05, 4.69) is 47.5 Å². The molecule has 1 aromatic heterocycles. The van der Waals surface area contributed by atoms with Crippen LogP contribution in [0.2, 0.25) is 0 Å². The van der Waals surface area contributed by atoms with Gasteiger partial charge in [0.05, 0.1) is 18.3 Å². The summed E-state index contributed by atoms with van der Waals surface area (Å²) >= 11 is 6.69. The second-order valence-corrected chi connectivity index (χ2v) is 5.32. The number of halogens is 2. The fourth-order valence-corrected chi connectivity index (χ4v) is 2.19. The molecule has 0 bridgehead atoms. The van der Waals surface area contributed by atoms with Gasteiger partial charge in [-0.1, -0.05) is 21.1 Å². The molecule has 0 aliphatic carbocycles. The number of carbonyl (C=O) groups is 1. The quantitative estimate of drug-likeness (QED) is 0.893. The Morgan fingerprint density at radius 3 is 2.94 bits per heavy atom. The van der Waals surface area contributed by atoms with Crippen molar-refractivity contribution in [3.05, 3.63) is 45.1 Å². The van der Waals surface area contributed by atoms with Crippen LogP contribution in [0.3, 0.4) is 0 Å². The zero-order valence-electron chi connectivity index (χ0n) is 9.31. The molecule has 1 amide bonds. The topological polar surface area (TPSA) is 59.8 Å². The normalized spacial score (nSPS) is 10.3. The number of nitrogens with zero attached hydrogens (tertiary/aromatic N) is 3. The van der Waals surface area contributed by atoms with E-state index in [1.807, 2.05) is 12.1 Å². The highest BCUT2D eigenvalue weighted by Gasteiger charge is 2.09. The van der Waals surface area contributed by atoms with Gasteiger partial charge in [-0.3, -0.25) is 9.48 Å². The van der Waals surface area contributed by atoms with Crippen LogP contribution in [0.25, 0.3) is 0 Å². The SMILES string of the molecule is O=C(NCCn1ccnn1)c1cc(Br)ccc1Br. The number of carbonyl (C=O) groups excluding carboxylic acids is 1. The van der Waals surface area contributed by atoms with Gasteiger partial charge in [-0.15, -0.1) is 5.10 Å². The van der Waals surface area contributed by atoms with Crippen molar-refractivity contribution in [3.63, 3.8) is 0 Å².